The van der Waals surface area contributed by atoms with E-state index in [2.05, 4.69) is 0 Å². The molecule has 118 valence electrons. The second-order valence-corrected chi connectivity index (χ2v) is 10.0. The van der Waals surface area contributed by atoms with Crippen LogP contribution in [0.2, 0.25) is 0 Å². The zero-order chi connectivity index (χ0) is 15.6. The lowest BCUT2D eigenvalue weighted by atomic mass is 9.70. The SMILES string of the molecule is CC1(C)[C@H]2C[C@@H](OS(C)(=O)=O)[C@@]1(C)C[C@H]2OS(C)(=O)=O. The molecule has 2 bridgehead atoms. The first kappa shape index (κ1) is 16.2. The molecule has 0 N–H and O–H groups in total. The van der Waals surface area contributed by atoms with Gasteiger partial charge in [0.15, 0.2) is 0 Å². The minimum Gasteiger partial charge on any atom is -0.267 e. The highest BCUT2D eigenvalue weighted by molar-refractivity contribution is 7.86. The molecule has 6 nitrogen and oxygen atoms in total. The van der Waals surface area contributed by atoms with E-state index < -0.39 is 37.9 Å². The average molecular weight is 326 g/mol. The highest BCUT2D eigenvalue weighted by atomic mass is 32.2. The highest BCUT2D eigenvalue weighted by Crippen LogP contribution is 2.67. The summed E-state index contributed by atoms with van der Waals surface area (Å²) in [6, 6.07) is 0. The Bertz CT molecular complexity index is 606. The van der Waals surface area contributed by atoms with Gasteiger partial charge in [-0.15, -0.1) is 0 Å². The van der Waals surface area contributed by atoms with Crippen molar-refractivity contribution in [2.75, 3.05) is 12.5 Å². The molecule has 0 radical (unpaired) electrons. The quantitative estimate of drug-likeness (QED) is 0.720. The molecule has 0 aromatic rings. The Hall–Kier alpha value is -0.180. The van der Waals surface area contributed by atoms with Crippen molar-refractivity contribution in [2.24, 2.45) is 16.7 Å². The number of hydrogen-bond acceptors (Lipinski definition) is 6. The lowest BCUT2D eigenvalue weighted by Crippen LogP contribution is -2.39. The molecule has 20 heavy (non-hydrogen) atoms. The third-order valence-electron chi connectivity index (χ3n) is 5.24. The van der Waals surface area contributed by atoms with Crippen LogP contribution in [-0.4, -0.2) is 41.6 Å². The summed E-state index contributed by atoms with van der Waals surface area (Å²) in [5.74, 6) is -0.0334. The molecule has 2 aliphatic carbocycles. The van der Waals surface area contributed by atoms with E-state index in [9.17, 15) is 16.8 Å². The molecule has 0 saturated heterocycles. The van der Waals surface area contributed by atoms with Gasteiger partial charge in [-0.1, -0.05) is 20.8 Å². The van der Waals surface area contributed by atoms with Crippen LogP contribution in [0.1, 0.15) is 33.6 Å². The van der Waals surface area contributed by atoms with Gasteiger partial charge < -0.3 is 0 Å². The van der Waals surface area contributed by atoms with Crippen LogP contribution in [0.15, 0.2) is 0 Å². The van der Waals surface area contributed by atoms with E-state index in [-0.39, 0.29) is 11.3 Å². The Morgan fingerprint density at radius 1 is 0.950 bits per heavy atom. The smallest absolute Gasteiger partial charge is 0.264 e. The number of fused-ring (bicyclic) bond motifs is 2. The van der Waals surface area contributed by atoms with Crippen LogP contribution >= 0.6 is 0 Å². The summed E-state index contributed by atoms with van der Waals surface area (Å²) in [6.45, 7) is 6.00. The topological polar surface area (TPSA) is 86.7 Å². The third-order valence-corrected chi connectivity index (χ3v) is 6.42. The molecule has 8 heteroatoms. The summed E-state index contributed by atoms with van der Waals surface area (Å²) >= 11 is 0. The van der Waals surface area contributed by atoms with Crippen LogP contribution in [0, 0.1) is 16.7 Å². The molecule has 0 heterocycles. The van der Waals surface area contributed by atoms with Crippen molar-refractivity contribution < 1.29 is 25.2 Å². The fourth-order valence-corrected chi connectivity index (χ4v) is 5.24. The molecule has 0 spiro atoms. The van der Waals surface area contributed by atoms with E-state index in [1.807, 2.05) is 20.8 Å². The van der Waals surface area contributed by atoms with E-state index in [0.29, 0.717) is 12.8 Å². The predicted octanol–water partition coefficient (Wildman–Crippen LogP) is 1.13. The lowest BCUT2D eigenvalue weighted by Gasteiger charge is -2.38. The maximum absolute atomic E-state index is 11.4. The number of hydrogen-bond donors (Lipinski definition) is 0. The van der Waals surface area contributed by atoms with Gasteiger partial charge in [0.1, 0.15) is 0 Å². The van der Waals surface area contributed by atoms with Crippen molar-refractivity contribution in [1.82, 2.24) is 0 Å². The van der Waals surface area contributed by atoms with Gasteiger partial charge in [-0.05, 0) is 24.2 Å². The highest BCUT2D eigenvalue weighted by Gasteiger charge is 2.67. The van der Waals surface area contributed by atoms with Crippen LogP contribution in [-0.2, 0) is 28.6 Å². The average Bonchev–Trinajstić information content (AvgIpc) is 2.43. The summed E-state index contributed by atoms with van der Waals surface area (Å²) in [6.07, 6.45) is 2.24. The second-order valence-electron chi connectivity index (χ2n) is 6.81. The molecule has 0 unspecified atom stereocenters. The van der Waals surface area contributed by atoms with Gasteiger partial charge in [0.05, 0.1) is 24.7 Å². The fourth-order valence-electron chi connectivity index (χ4n) is 3.88. The van der Waals surface area contributed by atoms with Crippen molar-refractivity contribution in [2.45, 2.75) is 45.8 Å². The molecule has 2 saturated carbocycles. The molecular weight excluding hydrogens is 304 g/mol. The zero-order valence-electron chi connectivity index (χ0n) is 12.4. The van der Waals surface area contributed by atoms with Crippen LogP contribution in [0.25, 0.3) is 0 Å². The first-order chi connectivity index (χ1) is 8.76. The Labute approximate surface area is 121 Å². The Morgan fingerprint density at radius 2 is 1.45 bits per heavy atom. The number of rotatable bonds is 4. The molecule has 4 atom stereocenters. The molecule has 2 aliphatic rings. The van der Waals surface area contributed by atoms with Crippen LogP contribution in [0.3, 0.4) is 0 Å². The largest absolute Gasteiger partial charge is 0.267 e. The van der Waals surface area contributed by atoms with E-state index in [0.717, 1.165) is 12.5 Å². The summed E-state index contributed by atoms with van der Waals surface area (Å²) in [7, 11) is -7.05. The van der Waals surface area contributed by atoms with Crippen molar-refractivity contribution >= 4 is 20.2 Å². The van der Waals surface area contributed by atoms with Gasteiger partial charge in [-0.3, -0.25) is 8.37 Å². The van der Waals surface area contributed by atoms with Gasteiger partial charge in [0, 0.05) is 5.41 Å². The van der Waals surface area contributed by atoms with Gasteiger partial charge >= 0.3 is 0 Å². The Balaban J connectivity index is 2.28. The first-order valence-electron chi connectivity index (χ1n) is 6.53. The summed E-state index contributed by atoms with van der Waals surface area (Å²) in [4.78, 5) is 0. The van der Waals surface area contributed by atoms with E-state index in [4.69, 9.17) is 8.37 Å². The van der Waals surface area contributed by atoms with Crippen LogP contribution in [0.5, 0.6) is 0 Å². The molecule has 0 aromatic heterocycles. The van der Waals surface area contributed by atoms with Crippen molar-refractivity contribution in [1.29, 1.82) is 0 Å². The minimum atomic E-state index is -3.53. The fraction of sp³-hybridized carbons (Fsp3) is 1.00. The van der Waals surface area contributed by atoms with Crippen LogP contribution < -0.4 is 0 Å². The van der Waals surface area contributed by atoms with Gasteiger partial charge in [-0.25, -0.2) is 0 Å². The van der Waals surface area contributed by atoms with Crippen molar-refractivity contribution in [3.8, 4) is 0 Å². The molecule has 0 amide bonds. The minimum absolute atomic E-state index is 0.0334. The third kappa shape index (κ3) is 2.63. The normalized spacial score (nSPS) is 40.1. The van der Waals surface area contributed by atoms with Gasteiger partial charge in [0.2, 0.25) is 0 Å². The van der Waals surface area contributed by atoms with Crippen molar-refractivity contribution in [3.63, 3.8) is 0 Å². The predicted molar refractivity (Wildman–Crippen MR) is 74.0 cm³/mol. The Morgan fingerprint density at radius 3 is 1.80 bits per heavy atom. The molecule has 0 aliphatic heterocycles. The summed E-state index contributed by atoms with van der Waals surface area (Å²) in [5, 5.41) is 0. The van der Waals surface area contributed by atoms with Crippen molar-refractivity contribution in [3.05, 3.63) is 0 Å². The van der Waals surface area contributed by atoms with E-state index >= 15 is 0 Å². The Kier molecular flexibility index (Phi) is 3.57. The summed E-state index contributed by atoms with van der Waals surface area (Å²) < 4.78 is 55.8. The second kappa shape index (κ2) is 4.41. The van der Waals surface area contributed by atoms with E-state index in [1.165, 1.54) is 0 Å². The monoisotopic (exact) mass is 326 g/mol. The first-order valence-corrected chi connectivity index (χ1v) is 10.2. The molecule has 2 fully saturated rings. The molecule has 2 rings (SSSR count). The maximum atomic E-state index is 11.4. The van der Waals surface area contributed by atoms with Gasteiger partial charge in [-0.2, -0.15) is 16.8 Å². The summed E-state index contributed by atoms with van der Waals surface area (Å²) in [5.41, 5.74) is -0.659. The lowest BCUT2D eigenvalue weighted by molar-refractivity contribution is 0.0198. The van der Waals surface area contributed by atoms with Gasteiger partial charge in [0.25, 0.3) is 20.2 Å². The molecule has 0 aromatic carbocycles. The van der Waals surface area contributed by atoms with Crippen LogP contribution in [0.4, 0.5) is 0 Å². The maximum Gasteiger partial charge on any atom is 0.264 e. The standard InChI is InChI=1S/C12H22O6S2/c1-11(2)8-6-10(18-20(5,15)16)12(11,3)7-9(8)17-19(4,13)14/h8-10H,6-7H2,1-5H3/t8-,9+,10+,12+/m0/s1. The van der Waals surface area contributed by atoms with E-state index in [1.54, 1.807) is 0 Å². The zero-order valence-corrected chi connectivity index (χ0v) is 14.0. The molecular formula is C12H22O6S2.